The Morgan fingerprint density at radius 3 is 3.06 bits per heavy atom. The number of aromatic nitrogens is 2. The molecule has 1 atom stereocenters. The van der Waals surface area contributed by atoms with Gasteiger partial charge in [-0.25, -0.2) is 4.98 Å². The van der Waals surface area contributed by atoms with Crippen LogP contribution in [0.15, 0.2) is 11.1 Å². The van der Waals surface area contributed by atoms with Crippen LogP contribution in [0.4, 0.5) is 11.5 Å². The van der Waals surface area contributed by atoms with Crippen molar-refractivity contribution in [2.45, 2.75) is 32.7 Å². The monoisotopic (exact) mass is 236 g/mol. The van der Waals surface area contributed by atoms with E-state index in [2.05, 4.69) is 15.3 Å². The molecule has 0 aromatic carbocycles. The lowest BCUT2D eigenvalue weighted by Crippen LogP contribution is -2.38. The van der Waals surface area contributed by atoms with Crippen LogP contribution in [0.25, 0.3) is 0 Å². The number of hydrogen-bond acceptors (Lipinski definition) is 5. The summed E-state index contributed by atoms with van der Waals surface area (Å²) in [5, 5.41) is 3.06. The summed E-state index contributed by atoms with van der Waals surface area (Å²) in [4.78, 5) is 31.5. The number of ketones is 1. The first-order valence-corrected chi connectivity index (χ1v) is 5.71. The molecule has 0 amide bonds. The van der Waals surface area contributed by atoms with Gasteiger partial charge in [-0.05, 0) is 13.3 Å². The van der Waals surface area contributed by atoms with Crippen LogP contribution in [0.2, 0.25) is 0 Å². The summed E-state index contributed by atoms with van der Waals surface area (Å²) in [6, 6.07) is 0.0477. The Morgan fingerprint density at radius 2 is 2.41 bits per heavy atom. The van der Waals surface area contributed by atoms with Crippen LogP contribution < -0.4 is 15.8 Å². The molecule has 1 aromatic rings. The number of aromatic amines is 1. The standard InChI is InChI=1S/C11H16N4O2/c1-3-8(4-7(2)16)15-6-14-10-9(15)11(17)13-5-12-10/h5,8H,3-4,6H2,1-2H3,(H2,12,13,14,17). The van der Waals surface area contributed by atoms with Gasteiger partial charge in [-0.15, -0.1) is 0 Å². The quantitative estimate of drug-likeness (QED) is 0.805. The third-order valence-corrected chi connectivity index (χ3v) is 2.97. The molecule has 0 fully saturated rings. The highest BCUT2D eigenvalue weighted by atomic mass is 16.1. The number of carbonyl (C=O) groups excluding carboxylic acids is 1. The van der Waals surface area contributed by atoms with Crippen molar-refractivity contribution in [3.63, 3.8) is 0 Å². The molecule has 0 aliphatic carbocycles. The van der Waals surface area contributed by atoms with E-state index in [-0.39, 0.29) is 17.4 Å². The van der Waals surface area contributed by atoms with Gasteiger partial charge in [0, 0.05) is 12.5 Å². The van der Waals surface area contributed by atoms with Crippen molar-refractivity contribution in [2.24, 2.45) is 0 Å². The number of fused-ring (bicyclic) bond motifs is 1. The SMILES string of the molecule is CCC(CC(C)=O)N1CNc2nc[nH]c(=O)c21. The summed E-state index contributed by atoms with van der Waals surface area (Å²) >= 11 is 0. The van der Waals surface area contributed by atoms with Gasteiger partial charge in [0.15, 0.2) is 5.82 Å². The highest BCUT2D eigenvalue weighted by Gasteiger charge is 2.28. The highest BCUT2D eigenvalue weighted by Crippen LogP contribution is 2.28. The van der Waals surface area contributed by atoms with Gasteiger partial charge in [0.05, 0.1) is 13.0 Å². The first kappa shape index (κ1) is 11.6. The summed E-state index contributed by atoms with van der Waals surface area (Å²) in [5.74, 6) is 0.723. The van der Waals surface area contributed by atoms with E-state index in [1.54, 1.807) is 6.92 Å². The van der Waals surface area contributed by atoms with Crippen molar-refractivity contribution >= 4 is 17.3 Å². The van der Waals surface area contributed by atoms with Crippen molar-refractivity contribution in [1.29, 1.82) is 0 Å². The first-order valence-electron chi connectivity index (χ1n) is 5.71. The smallest absolute Gasteiger partial charge is 0.276 e. The second-order valence-corrected chi connectivity index (χ2v) is 4.20. The average Bonchev–Trinajstić information content (AvgIpc) is 2.71. The fraction of sp³-hybridized carbons (Fsp3) is 0.545. The van der Waals surface area contributed by atoms with Gasteiger partial charge in [-0.3, -0.25) is 9.59 Å². The van der Waals surface area contributed by atoms with E-state index in [1.165, 1.54) is 6.33 Å². The van der Waals surface area contributed by atoms with Crippen LogP contribution in [-0.2, 0) is 4.79 Å². The number of nitrogens with zero attached hydrogens (tertiary/aromatic N) is 2. The van der Waals surface area contributed by atoms with Crippen molar-refractivity contribution in [3.8, 4) is 0 Å². The zero-order chi connectivity index (χ0) is 12.4. The van der Waals surface area contributed by atoms with Gasteiger partial charge in [-0.2, -0.15) is 0 Å². The first-order chi connectivity index (χ1) is 8.13. The summed E-state index contributed by atoms with van der Waals surface area (Å²) in [7, 11) is 0. The molecule has 0 bridgehead atoms. The third kappa shape index (κ3) is 2.15. The summed E-state index contributed by atoms with van der Waals surface area (Å²) in [6.07, 6.45) is 2.64. The molecule has 6 nitrogen and oxygen atoms in total. The Kier molecular flexibility index (Phi) is 3.12. The zero-order valence-electron chi connectivity index (χ0n) is 9.99. The van der Waals surface area contributed by atoms with E-state index >= 15 is 0 Å². The van der Waals surface area contributed by atoms with Gasteiger partial charge in [0.25, 0.3) is 5.56 Å². The molecule has 6 heteroatoms. The zero-order valence-corrected chi connectivity index (χ0v) is 9.99. The van der Waals surface area contributed by atoms with Gasteiger partial charge >= 0.3 is 0 Å². The number of Topliss-reactive ketones (excluding diaryl/α,β-unsaturated/α-hetero) is 1. The van der Waals surface area contributed by atoms with Crippen LogP contribution in [0, 0.1) is 0 Å². The molecule has 1 aliphatic rings. The van der Waals surface area contributed by atoms with E-state index in [1.807, 2.05) is 11.8 Å². The predicted molar refractivity (Wildman–Crippen MR) is 65.2 cm³/mol. The second kappa shape index (κ2) is 4.57. The summed E-state index contributed by atoms with van der Waals surface area (Å²) in [6.45, 7) is 4.11. The number of anilines is 2. The number of rotatable bonds is 4. The van der Waals surface area contributed by atoms with Crippen LogP contribution in [0.1, 0.15) is 26.7 Å². The second-order valence-electron chi connectivity index (χ2n) is 4.20. The highest BCUT2D eigenvalue weighted by molar-refractivity contribution is 5.78. The molecule has 2 N–H and O–H groups in total. The summed E-state index contributed by atoms with van der Waals surface area (Å²) < 4.78 is 0. The molecule has 2 heterocycles. The minimum absolute atomic E-state index is 0.0477. The van der Waals surface area contributed by atoms with Crippen LogP contribution in [0.5, 0.6) is 0 Å². The Balaban J connectivity index is 2.31. The van der Waals surface area contributed by atoms with Gasteiger partial charge in [0.1, 0.15) is 11.5 Å². The van der Waals surface area contributed by atoms with Crippen LogP contribution in [-0.4, -0.2) is 28.5 Å². The fourth-order valence-corrected chi connectivity index (χ4v) is 2.15. The van der Waals surface area contributed by atoms with Gasteiger partial charge < -0.3 is 15.2 Å². The third-order valence-electron chi connectivity index (χ3n) is 2.97. The Hall–Kier alpha value is -1.85. The molecule has 1 unspecified atom stereocenters. The lowest BCUT2D eigenvalue weighted by Gasteiger charge is -2.26. The maximum absolute atomic E-state index is 11.8. The van der Waals surface area contributed by atoms with E-state index in [0.29, 0.717) is 24.6 Å². The number of hydrogen-bond donors (Lipinski definition) is 2. The predicted octanol–water partition coefficient (Wildman–Crippen LogP) is 0.717. The molecule has 0 saturated heterocycles. The fourth-order valence-electron chi connectivity index (χ4n) is 2.15. The van der Waals surface area contributed by atoms with Crippen molar-refractivity contribution in [2.75, 3.05) is 16.9 Å². The Labute approximate surface area is 99.1 Å². The molecule has 0 radical (unpaired) electrons. The number of H-pyrrole nitrogens is 1. The Bertz CT molecular complexity index is 483. The summed E-state index contributed by atoms with van der Waals surface area (Å²) in [5.41, 5.74) is 0.377. The number of carbonyl (C=O) groups is 1. The average molecular weight is 236 g/mol. The van der Waals surface area contributed by atoms with Gasteiger partial charge in [0.2, 0.25) is 0 Å². The minimum atomic E-state index is -0.165. The van der Waals surface area contributed by atoms with E-state index in [4.69, 9.17) is 0 Å². The molecule has 1 aliphatic heterocycles. The molecule has 2 rings (SSSR count). The molecular weight excluding hydrogens is 220 g/mol. The van der Waals surface area contributed by atoms with Crippen molar-refractivity contribution < 1.29 is 4.79 Å². The van der Waals surface area contributed by atoms with E-state index < -0.39 is 0 Å². The maximum atomic E-state index is 11.8. The van der Waals surface area contributed by atoms with E-state index in [9.17, 15) is 9.59 Å². The maximum Gasteiger partial charge on any atom is 0.276 e. The largest absolute Gasteiger partial charge is 0.351 e. The van der Waals surface area contributed by atoms with Gasteiger partial charge in [-0.1, -0.05) is 6.92 Å². The molecule has 92 valence electrons. The molecule has 17 heavy (non-hydrogen) atoms. The van der Waals surface area contributed by atoms with Crippen molar-refractivity contribution in [3.05, 3.63) is 16.7 Å². The normalized spacial score (nSPS) is 15.3. The lowest BCUT2D eigenvalue weighted by molar-refractivity contribution is -0.117. The molecule has 0 spiro atoms. The Morgan fingerprint density at radius 1 is 1.65 bits per heavy atom. The molecule has 1 aromatic heterocycles. The lowest BCUT2D eigenvalue weighted by atomic mass is 10.1. The minimum Gasteiger partial charge on any atom is -0.351 e. The number of nitrogens with one attached hydrogen (secondary N) is 2. The molecule has 0 saturated carbocycles. The van der Waals surface area contributed by atoms with Crippen molar-refractivity contribution in [1.82, 2.24) is 9.97 Å². The molecular formula is C11H16N4O2. The van der Waals surface area contributed by atoms with E-state index in [0.717, 1.165) is 6.42 Å². The van der Waals surface area contributed by atoms with Crippen LogP contribution in [0.3, 0.4) is 0 Å². The topological polar surface area (TPSA) is 78.1 Å². The van der Waals surface area contributed by atoms with Crippen LogP contribution >= 0.6 is 0 Å².